The maximum Gasteiger partial charge on any atom is 0.158 e. The molecule has 3 heteroatoms. The van der Waals surface area contributed by atoms with E-state index >= 15 is 0 Å². The van der Waals surface area contributed by atoms with E-state index in [1.807, 2.05) is 0 Å². The van der Waals surface area contributed by atoms with E-state index in [1.54, 1.807) is 0 Å². The molecule has 0 bridgehead atoms. The first kappa shape index (κ1) is 20.9. The minimum absolute atomic E-state index is 0.0603. The number of ether oxygens (including phenoxy) is 2. The van der Waals surface area contributed by atoms with Gasteiger partial charge in [-0.1, -0.05) is 71.1 Å². The third-order valence-electron chi connectivity index (χ3n) is 4.61. The lowest BCUT2D eigenvalue weighted by Crippen LogP contribution is -2.42. The fourth-order valence-corrected chi connectivity index (χ4v) is 3.34. The molecule has 0 radical (unpaired) electrons. The van der Waals surface area contributed by atoms with Crippen molar-refractivity contribution in [3.05, 3.63) is 0 Å². The molecule has 0 aliphatic carbocycles. The Kier molecular flexibility index (Phi) is 11.2. The van der Waals surface area contributed by atoms with Gasteiger partial charge in [-0.2, -0.15) is 0 Å². The van der Waals surface area contributed by atoms with Crippen LogP contribution < -0.4 is 0 Å². The summed E-state index contributed by atoms with van der Waals surface area (Å²) in [7, 11) is 6.63. The summed E-state index contributed by atoms with van der Waals surface area (Å²) < 4.78 is 12.7. The molecule has 1 aliphatic rings. The number of likely N-dealkylation sites (N-methyl/N-ethyl adjacent to an activating group) is 1. The van der Waals surface area contributed by atoms with E-state index in [0.29, 0.717) is 0 Å². The molecule has 0 spiro atoms. The average Bonchev–Trinajstić information content (AvgIpc) is 2.90. The van der Waals surface area contributed by atoms with Crippen LogP contribution in [-0.4, -0.2) is 51.2 Å². The maximum atomic E-state index is 5.99. The first-order valence-electron chi connectivity index (χ1n) is 10.1. The van der Waals surface area contributed by atoms with Gasteiger partial charge in [0.15, 0.2) is 6.29 Å². The lowest BCUT2D eigenvalue weighted by molar-refractivity contribution is -0.873. The molecular weight excluding hydrogens is 286 g/mol. The molecular formula is C20H42NO2+. The molecule has 23 heavy (non-hydrogen) atoms. The highest BCUT2D eigenvalue weighted by molar-refractivity contribution is 4.65. The zero-order valence-corrected chi connectivity index (χ0v) is 16.3. The Balaban J connectivity index is 1.85. The molecule has 0 N–H and O–H groups in total. The van der Waals surface area contributed by atoms with Gasteiger partial charge in [-0.15, -0.1) is 0 Å². The van der Waals surface area contributed by atoms with Crippen molar-refractivity contribution in [2.24, 2.45) is 0 Å². The summed E-state index contributed by atoms with van der Waals surface area (Å²) in [6.07, 6.45) is 16.7. The number of rotatable bonds is 14. The van der Waals surface area contributed by atoms with Gasteiger partial charge in [0.05, 0.1) is 27.7 Å². The zero-order valence-electron chi connectivity index (χ0n) is 16.3. The van der Waals surface area contributed by atoms with Gasteiger partial charge in [0.2, 0.25) is 0 Å². The number of nitrogens with zero attached hydrogens (tertiary/aromatic N) is 1. The Morgan fingerprint density at radius 3 is 1.83 bits per heavy atom. The average molecular weight is 329 g/mol. The van der Waals surface area contributed by atoms with E-state index in [-0.39, 0.29) is 12.4 Å². The second-order valence-electron chi connectivity index (χ2n) is 8.32. The second kappa shape index (κ2) is 12.3. The molecule has 1 rings (SSSR count). The quantitative estimate of drug-likeness (QED) is 0.325. The van der Waals surface area contributed by atoms with E-state index in [4.69, 9.17) is 9.47 Å². The standard InChI is InChI=1S/C20H42NO2/c1-5-6-7-8-9-10-11-12-13-14-15-16-20-22-18-19(23-20)17-21(2,3)4/h19-20H,5-18H2,1-4H3/q+1/t19-,20-/m1/s1. The largest absolute Gasteiger partial charge is 0.350 e. The van der Waals surface area contributed by atoms with E-state index < -0.39 is 0 Å². The third kappa shape index (κ3) is 12.0. The summed E-state index contributed by atoms with van der Waals surface area (Å²) in [4.78, 5) is 0. The molecule has 0 aromatic carbocycles. The SMILES string of the molecule is CCCCCCCCCCCCC[C@@H]1OC[C@@H](C[N+](C)(C)C)O1. The summed E-state index contributed by atoms with van der Waals surface area (Å²) >= 11 is 0. The highest BCUT2D eigenvalue weighted by atomic mass is 16.7. The van der Waals surface area contributed by atoms with Crippen LogP contribution in [0, 0.1) is 0 Å². The van der Waals surface area contributed by atoms with Crippen LogP contribution in [0.4, 0.5) is 0 Å². The van der Waals surface area contributed by atoms with Crippen molar-refractivity contribution in [2.75, 3.05) is 34.3 Å². The smallest absolute Gasteiger partial charge is 0.158 e. The van der Waals surface area contributed by atoms with Crippen LogP contribution in [0.2, 0.25) is 0 Å². The summed E-state index contributed by atoms with van der Waals surface area (Å²) in [6.45, 7) is 4.10. The van der Waals surface area contributed by atoms with E-state index in [9.17, 15) is 0 Å². The zero-order chi connectivity index (χ0) is 17.0. The van der Waals surface area contributed by atoms with Crippen molar-refractivity contribution in [3.8, 4) is 0 Å². The van der Waals surface area contributed by atoms with E-state index in [0.717, 1.165) is 24.1 Å². The van der Waals surface area contributed by atoms with Gasteiger partial charge in [0.1, 0.15) is 12.6 Å². The molecule has 2 atom stereocenters. The van der Waals surface area contributed by atoms with Gasteiger partial charge in [-0.05, 0) is 12.8 Å². The second-order valence-corrected chi connectivity index (χ2v) is 8.32. The fourth-order valence-electron chi connectivity index (χ4n) is 3.34. The van der Waals surface area contributed by atoms with Gasteiger partial charge in [0, 0.05) is 0 Å². The molecule has 3 nitrogen and oxygen atoms in total. The molecule has 0 aromatic rings. The van der Waals surface area contributed by atoms with Crippen LogP contribution in [-0.2, 0) is 9.47 Å². The van der Waals surface area contributed by atoms with Crippen LogP contribution in [0.25, 0.3) is 0 Å². The van der Waals surface area contributed by atoms with E-state index in [2.05, 4.69) is 28.1 Å². The van der Waals surface area contributed by atoms with Crippen molar-refractivity contribution >= 4 is 0 Å². The highest BCUT2D eigenvalue weighted by Crippen LogP contribution is 2.19. The minimum atomic E-state index is 0.0603. The molecule has 138 valence electrons. The number of hydrogen-bond acceptors (Lipinski definition) is 2. The molecule has 1 heterocycles. The minimum Gasteiger partial charge on any atom is -0.350 e. The Hall–Kier alpha value is -0.120. The topological polar surface area (TPSA) is 18.5 Å². The first-order valence-corrected chi connectivity index (χ1v) is 10.1. The molecule has 1 fully saturated rings. The van der Waals surface area contributed by atoms with Gasteiger partial charge in [-0.3, -0.25) is 0 Å². The molecule has 1 saturated heterocycles. The molecule has 0 unspecified atom stereocenters. The summed E-state index contributed by atoms with van der Waals surface area (Å²) in [6, 6.07) is 0. The van der Waals surface area contributed by atoms with Crippen molar-refractivity contribution in [1.82, 2.24) is 0 Å². The van der Waals surface area contributed by atoms with Crippen LogP contribution >= 0.6 is 0 Å². The van der Waals surface area contributed by atoms with Gasteiger partial charge < -0.3 is 14.0 Å². The van der Waals surface area contributed by atoms with Crippen molar-refractivity contribution < 1.29 is 14.0 Å². The molecule has 1 aliphatic heterocycles. The lowest BCUT2D eigenvalue weighted by atomic mass is 10.1. The lowest BCUT2D eigenvalue weighted by Gasteiger charge is -2.26. The molecule has 0 saturated carbocycles. The number of quaternary nitrogens is 1. The number of unbranched alkanes of at least 4 members (excludes halogenated alkanes) is 10. The Bertz CT molecular complexity index is 275. The van der Waals surface area contributed by atoms with Crippen LogP contribution in [0.5, 0.6) is 0 Å². The fraction of sp³-hybridized carbons (Fsp3) is 1.00. The van der Waals surface area contributed by atoms with Crippen molar-refractivity contribution in [2.45, 2.75) is 96.4 Å². The normalized spacial score (nSPS) is 21.9. The highest BCUT2D eigenvalue weighted by Gasteiger charge is 2.29. The summed E-state index contributed by atoms with van der Waals surface area (Å²) in [5, 5.41) is 0. The number of hydrogen-bond donors (Lipinski definition) is 0. The molecule has 0 amide bonds. The predicted molar refractivity (Wildman–Crippen MR) is 98.6 cm³/mol. The molecule has 0 aromatic heterocycles. The summed E-state index contributed by atoms with van der Waals surface area (Å²) in [5.41, 5.74) is 0. The van der Waals surface area contributed by atoms with Crippen LogP contribution in [0.3, 0.4) is 0 Å². The Morgan fingerprint density at radius 2 is 1.30 bits per heavy atom. The van der Waals surface area contributed by atoms with Crippen LogP contribution in [0.15, 0.2) is 0 Å². The van der Waals surface area contributed by atoms with Crippen LogP contribution in [0.1, 0.15) is 84.0 Å². The van der Waals surface area contributed by atoms with Crippen molar-refractivity contribution in [1.29, 1.82) is 0 Å². The van der Waals surface area contributed by atoms with Gasteiger partial charge in [0.25, 0.3) is 0 Å². The van der Waals surface area contributed by atoms with Gasteiger partial charge in [-0.25, -0.2) is 0 Å². The predicted octanol–water partition coefficient (Wildman–Crippen LogP) is 5.14. The maximum absolute atomic E-state index is 5.99. The third-order valence-corrected chi connectivity index (χ3v) is 4.61. The Morgan fingerprint density at radius 1 is 0.783 bits per heavy atom. The monoisotopic (exact) mass is 328 g/mol. The Labute approximate surface area is 145 Å². The first-order chi connectivity index (χ1) is 11.0. The van der Waals surface area contributed by atoms with Gasteiger partial charge >= 0.3 is 0 Å². The summed E-state index contributed by atoms with van der Waals surface area (Å²) in [5.74, 6) is 0. The van der Waals surface area contributed by atoms with Crippen molar-refractivity contribution in [3.63, 3.8) is 0 Å². The van der Waals surface area contributed by atoms with E-state index in [1.165, 1.54) is 70.6 Å².